The molecule has 94 valence electrons. The lowest BCUT2D eigenvalue weighted by Crippen LogP contribution is -2.00. The minimum absolute atomic E-state index is 0.213. The fourth-order valence-corrected chi connectivity index (χ4v) is 2.42. The van der Waals surface area contributed by atoms with Gasteiger partial charge in [-0.2, -0.15) is 0 Å². The summed E-state index contributed by atoms with van der Waals surface area (Å²) in [5, 5.41) is -0.426. The SMILES string of the molecule is Cc1ccc([C@H](Cl)[C@@H](Cl)c2ccc(C)cc2)cc1. The van der Waals surface area contributed by atoms with Gasteiger partial charge in [-0.3, -0.25) is 0 Å². The van der Waals surface area contributed by atoms with Crippen LogP contribution in [0.3, 0.4) is 0 Å². The second-order valence-electron chi connectivity index (χ2n) is 4.62. The van der Waals surface area contributed by atoms with E-state index in [0.29, 0.717) is 0 Å². The average Bonchev–Trinajstić information content (AvgIpc) is 2.39. The van der Waals surface area contributed by atoms with Gasteiger partial charge in [-0.05, 0) is 25.0 Å². The molecular weight excluding hydrogens is 263 g/mol. The van der Waals surface area contributed by atoms with E-state index in [1.807, 2.05) is 24.3 Å². The van der Waals surface area contributed by atoms with Crippen LogP contribution in [0.15, 0.2) is 48.5 Å². The zero-order chi connectivity index (χ0) is 13.1. The van der Waals surface area contributed by atoms with E-state index in [0.717, 1.165) is 11.1 Å². The van der Waals surface area contributed by atoms with E-state index in [9.17, 15) is 0 Å². The molecule has 0 unspecified atom stereocenters. The van der Waals surface area contributed by atoms with Crippen molar-refractivity contribution in [3.63, 3.8) is 0 Å². The van der Waals surface area contributed by atoms with Gasteiger partial charge in [-0.1, -0.05) is 59.7 Å². The van der Waals surface area contributed by atoms with Crippen LogP contribution in [0.4, 0.5) is 0 Å². The third-order valence-corrected chi connectivity index (χ3v) is 4.19. The first kappa shape index (κ1) is 13.5. The molecule has 2 rings (SSSR count). The molecule has 0 N–H and O–H groups in total. The van der Waals surface area contributed by atoms with Crippen molar-refractivity contribution in [2.45, 2.75) is 24.6 Å². The summed E-state index contributed by atoms with van der Waals surface area (Å²) in [7, 11) is 0. The van der Waals surface area contributed by atoms with Crippen LogP contribution in [0.2, 0.25) is 0 Å². The molecular formula is C16H16Cl2. The Morgan fingerprint density at radius 1 is 0.611 bits per heavy atom. The highest BCUT2D eigenvalue weighted by Gasteiger charge is 2.20. The maximum atomic E-state index is 6.45. The van der Waals surface area contributed by atoms with E-state index in [4.69, 9.17) is 23.2 Å². The van der Waals surface area contributed by atoms with Crippen molar-refractivity contribution < 1.29 is 0 Å². The highest BCUT2D eigenvalue weighted by Crippen LogP contribution is 2.39. The van der Waals surface area contributed by atoms with Gasteiger partial charge in [0.15, 0.2) is 0 Å². The Labute approximate surface area is 119 Å². The van der Waals surface area contributed by atoms with Crippen molar-refractivity contribution in [3.05, 3.63) is 70.8 Å². The molecule has 0 heterocycles. The Bertz CT molecular complexity index is 450. The first-order chi connectivity index (χ1) is 8.58. The predicted molar refractivity (Wildman–Crippen MR) is 79.5 cm³/mol. The number of aryl methyl sites for hydroxylation is 2. The van der Waals surface area contributed by atoms with Gasteiger partial charge >= 0.3 is 0 Å². The van der Waals surface area contributed by atoms with E-state index in [-0.39, 0.29) is 10.8 Å². The molecule has 0 nitrogen and oxygen atoms in total. The van der Waals surface area contributed by atoms with Crippen molar-refractivity contribution in [3.8, 4) is 0 Å². The van der Waals surface area contributed by atoms with Gasteiger partial charge in [0.2, 0.25) is 0 Å². The molecule has 18 heavy (non-hydrogen) atoms. The summed E-state index contributed by atoms with van der Waals surface area (Å²) in [5.41, 5.74) is 4.57. The Balaban J connectivity index is 2.20. The Morgan fingerprint density at radius 3 is 1.17 bits per heavy atom. The van der Waals surface area contributed by atoms with Gasteiger partial charge < -0.3 is 0 Å². The smallest absolute Gasteiger partial charge is 0.0790 e. The van der Waals surface area contributed by atoms with Crippen molar-refractivity contribution in [1.82, 2.24) is 0 Å². The summed E-state index contributed by atoms with van der Waals surface area (Å²) in [4.78, 5) is 0. The lowest BCUT2D eigenvalue weighted by Gasteiger charge is -2.17. The maximum Gasteiger partial charge on any atom is 0.0790 e. The van der Waals surface area contributed by atoms with Crippen molar-refractivity contribution >= 4 is 23.2 Å². The molecule has 0 spiro atoms. The molecule has 0 aliphatic rings. The molecule has 0 aromatic heterocycles. The van der Waals surface area contributed by atoms with Crippen molar-refractivity contribution in [1.29, 1.82) is 0 Å². The van der Waals surface area contributed by atoms with Crippen LogP contribution < -0.4 is 0 Å². The van der Waals surface area contributed by atoms with Gasteiger partial charge in [-0.25, -0.2) is 0 Å². The number of rotatable bonds is 3. The topological polar surface area (TPSA) is 0 Å². The van der Waals surface area contributed by atoms with Crippen LogP contribution in [0.5, 0.6) is 0 Å². The molecule has 0 amide bonds. The summed E-state index contributed by atoms with van der Waals surface area (Å²) in [6.45, 7) is 4.12. The zero-order valence-electron chi connectivity index (χ0n) is 10.5. The predicted octanol–water partition coefficient (Wildman–Crippen LogP) is 5.56. The molecule has 0 saturated heterocycles. The summed E-state index contributed by atoms with van der Waals surface area (Å²) in [6.07, 6.45) is 0. The molecule has 2 heteroatoms. The van der Waals surface area contributed by atoms with Crippen molar-refractivity contribution in [2.75, 3.05) is 0 Å². The van der Waals surface area contributed by atoms with Crippen LogP contribution in [-0.2, 0) is 0 Å². The Hall–Kier alpha value is -0.980. The molecule has 0 radical (unpaired) electrons. The fourth-order valence-electron chi connectivity index (χ4n) is 1.84. The average molecular weight is 279 g/mol. The highest BCUT2D eigenvalue weighted by molar-refractivity contribution is 6.30. The van der Waals surface area contributed by atoms with Crippen LogP contribution in [-0.4, -0.2) is 0 Å². The molecule has 0 aliphatic carbocycles. The normalized spacial score (nSPS) is 14.2. The summed E-state index contributed by atoms with van der Waals surface area (Å²) in [5.74, 6) is 0. The monoisotopic (exact) mass is 278 g/mol. The number of alkyl halides is 2. The van der Waals surface area contributed by atoms with Crippen LogP contribution >= 0.6 is 23.2 Å². The quantitative estimate of drug-likeness (QED) is 0.645. The van der Waals surface area contributed by atoms with E-state index in [1.165, 1.54) is 11.1 Å². The third-order valence-electron chi connectivity index (χ3n) is 3.05. The van der Waals surface area contributed by atoms with Crippen molar-refractivity contribution in [2.24, 2.45) is 0 Å². The second-order valence-corrected chi connectivity index (χ2v) is 5.57. The summed E-state index contributed by atoms with van der Waals surface area (Å²) < 4.78 is 0. The molecule has 0 saturated carbocycles. The van der Waals surface area contributed by atoms with Crippen LogP contribution in [0, 0.1) is 13.8 Å². The first-order valence-corrected chi connectivity index (χ1v) is 6.86. The molecule has 2 atom stereocenters. The molecule has 2 aromatic carbocycles. The maximum absolute atomic E-state index is 6.45. The van der Waals surface area contributed by atoms with E-state index < -0.39 is 0 Å². The summed E-state index contributed by atoms with van der Waals surface area (Å²) in [6, 6.07) is 16.4. The zero-order valence-corrected chi connectivity index (χ0v) is 12.0. The van der Waals surface area contributed by atoms with E-state index in [1.54, 1.807) is 0 Å². The molecule has 0 fully saturated rings. The number of hydrogen-bond acceptors (Lipinski definition) is 0. The second kappa shape index (κ2) is 5.77. The molecule has 0 bridgehead atoms. The minimum Gasteiger partial charge on any atom is -0.116 e. The standard InChI is InChI=1S/C16H16Cl2/c1-11-3-7-13(8-4-11)15(17)16(18)14-9-5-12(2)6-10-14/h3-10,15-16H,1-2H3/t15-,16-/m0/s1. The van der Waals surface area contributed by atoms with Gasteiger partial charge in [0, 0.05) is 0 Å². The van der Waals surface area contributed by atoms with Gasteiger partial charge in [0.1, 0.15) is 0 Å². The molecule has 0 aliphatic heterocycles. The number of hydrogen-bond donors (Lipinski definition) is 0. The fraction of sp³-hybridized carbons (Fsp3) is 0.250. The van der Waals surface area contributed by atoms with Crippen LogP contribution in [0.1, 0.15) is 33.0 Å². The summed E-state index contributed by atoms with van der Waals surface area (Å²) >= 11 is 12.9. The van der Waals surface area contributed by atoms with Gasteiger partial charge in [0.05, 0.1) is 10.8 Å². The number of benzene rings is 2. The Kier molecular flexibility index (Phi) is 4.31. The van der Waals surface area contributed by atoms with Crippen LogP contribution in [0.25, 0.3) is 0 Å². The molecule has 2 aromatic rings. The van der Waals surface area contributed by atoms with E-state index in [2.05, 4.69) is 38.1 Å². The Morgan fingerprint density at radius 2 is 0.889 bits per heavy atom. The van der Waals surface area contributed by atoms with Gasteiger partial charge in [-0.15, -0.1) is 23.2 Å². The largest absolute Gasteiger partial charge is 0.116 e. The lowest BCUT2D eigenvalue weighted by atomic mass is 10.0. The lowest BCUT2D eigenvalue weighted by molar-refractivity contribution is 0.881. The van der Waals surface area contributed by atoms with Gasteiger partial charge in [0.25, 0.3) is 0 Å². The van der Waals surface area contributed by atoms with E-state index >= 15 is 0 Å². The highest BCUT2D eigenvalue weighted by atomic mass is 35.5. The third kappa shape index (κ3) is 3.07. The number of halogens is 2. The first-order valence-electron chi connectivity index (χ1n) is 5.99. The minimum atomic E-state index is -0.213.